The summed E-state index contributed by atoms with van der Waals surface area (Å²) in [7, 11) is 1.51. The molecule has 0 aliphatic carbocycles. The van der Waals surface area contributed by atoms with E-state index in [0.717, 1.165) is 0 Å². The van der Waals surface area contributed by atoms with Gasteiger partial charge in [-0.3, -0.25) is 4.79 Å². The minimum atomic E-state index is -0.980. The van der Waals surface area contributed by atoms with Crippen molar-refractivity contribution in [1.29, 1.82) is 0 Å². The van der Waals surface area contributed by atoms with Crippen LogP contribution in [-0.4, -0.2) is 24.8 Å². The molecule has 21 heavy (non-hydrogen) atoms. The monoisotopic (exact) mass is 306 g/mol. The van der Waals surface area contributed by atoms with E-state index in [9.17, 15) is 9.90 Å². The Morgan fingerprint density at radius 2 is 1.76 bits per heavy atom. The second kappa shape index (κ2) is 6.99. The molecule has 1 N–H and O–H groups in total. The third-order valence-electron chi connectivity index (χ3n) is 3.05. The van der Waals surface area contributed by atoms with Crippen molar-refractivity contribution in [2.75, 3.05) is 13.7 Å². The fraction of sp³-hybridized carbons (Fsp3) is 0.188. The summed E-state index contributed by atoms with van der Waals surface area (Å²) in [5.74, 6) is -0.836. The van der Waals surface area contributed by atoms with Crippen LogP contribution in [0.4, 0.5) is 0 Å². The largest absolute Gasteiger partial charge is 0.496 e. The number of carboxylic acid groups (broad SMARTS) is 1. The molecule has 2 aromatic carbocycles. The highest BCUT2D eigenvalue weighted by atomic mass is 35.5. The van der Waals surface area contributed by atoms with Gasteiger partial charge in [0.1, 0.15) is 24.0 Å². The van der Waals surface area contributed by atoms with E-state index >= 15 is 0 Å². The topological polar surface area (TPSA) is 55.8 Å². The SMILES string of the molecule is COc1ccccc1C(COc1ccccc1Cl)C(=O)O. The molecule has 0 saturated heterocycles. The van der Waals surface area contributed by atoms with E-state index in [0.29, 0.717) is 22.1 Å². The van der Waals surface area contributed by atoms with Crippen LogP contribution in [0.15, 0.2) is 48.5 Å². The van der Waals surface area contributed by atoms with Gasteiger partial charge in [-0.2, -0.15) is 0 Å². The van der Waals surface area contributed by atoms with Gasteiger partial charge in [-0.25, -0.2) is 0 Å². The van der Waals surface area contributed by atoms with Crippen LogP contribution in [0, 0.1) is 0 Å². The standard InChI is InChI=1S/C16H15ClO4/c1-20-14-8-4-2-6-11(14)12(16(18)19)10-21-15-9-5-3-7-13(15)17/h2-9,12H,10H2,1H3,(H,18,19). The molecule has 0 aromatic heterocycles. The first-order valence-corrected chi connectivity index (χ1v) is 6.74. The van der Waals surface area contributed by atoms with E-state index in [-0.39, 0.29) is 6.61 Å². The predicted molar refractivity (Wildman–Crippen MR) is 80.3 cm³/mol. The average molecular weight is 307 g/mol. The number of rotatable bonds is 6. The van der Waals surface area contributed by atoms with E-state index in [1.165, 1.54) is 7.11 Å². The molecule has 0 radical (unpaired) electrons. The second-order valence-electron chi connectivity index (χ2n) is 4.37. The van der Waals surface area contributed by atoms with Gasteiger partial charge in [-0.15, -0.1) is 0 Å². The summed E-state index contributed by atoms with van der Waals surface area (Å²) in [5, 5.41) is 9.87. The zero-order valence-electron chi connectivity index (χ0n) is 11.5. The molecule has 0 aliphatic heterocycles. The Balaban J connectivity index is 2.21. The molecule has 1 unspecified atom stereocenters. The minimum absolute atomic E-state index is 0.0283. The van der Waals surface area contributed by atoms with Crippen molar-refractivity contribution in [3.63, 3.8) is 0 Å². The molecule has 0 fully saturated rings. The van der Waals surface area contributed by atoms with Crippen LogP contribution in [-0.2, 0) is 4.79 Å². The lowest BCUT2D eigenvalue weighted by molar-refractivity contribution is -0.139. The number of aliphatic carboxylic acids is 1. The molecule has 2 rings (SSSR count). The maximum atomic E-state index is 11.5. The summed E-state index contributed by atoms with van der Waals surface area (Å²) in [6.45, 7) is -0.0283. The van der Waals surface area contributed by atoms with Crippen LogP contribution < -0.4 is 9.47 Å². The molecule has 110 valence electrons. The normalized spacial score (nSPS) is 11.7. The van der Waals surface area contributed by atoms with Crippen LogP contribution in [0.2, 0.25) is 5.02 Å². The number of hydrogen-bond acceptors (Lipinski definition) is 3. The number of hydrogen-bond donors (Lipinski definition) is 1. The Morgan fingerprint density at radius 1 is 1.14 bits per heavy atom. The van der Waals surface area contributed by atoms with Gasteiger partial charge >= 0.3 is 5.97 Å². The fourth-order valence-corrected chi connectivity index (χ4v) is 2.17. The van der Waals surface area contributed by atoms with E-state index < -0.39 is 11.9 Å². The molecule has 1 atom stereocenters. The second-order valence-corrected chi connectivity index (χ2v) is 4.78. The van der Waals surface area contributed by atoms with E-state index in [2.05, 4.69) is 0 Å². The van der Waals surface area contributed by atoms with Gasteiger partial charge in [0, 0.05) is 5.56 Å². The van der Waals surface area contributed by atoms with Crippen LogP contribution in [0.5, 0.6) is 11.5 Å². The van der Waals surface area contributed by atoms with Crippen LogP contribution in [0.1, 0.15) is 11.5 Å². The Labute approximate surface area is 127 Å². The molecular formula is C16H15ClO4. The van der Waals surface area contributed by atoms with Gasteiger partial charge < -0.3 is 14.6 Å². The summed E-state index contributed by atoms with van der Waals surface area (Å²) in [6, 6.07) is 13.9. The third-order valence-corrected chi connectivity index (χ3v) is 3.37. The molecule has 0 heterocycles. The lowest BCUT2D eigenvalue weighted by atomic mass is 9.99. The van der Waals surface area contributed by atoms with Crippen molar-refractivity contribution in [1.82, 2.24) is 0 Å². The number of ether oxygens (including phenoxy) is 2. The molecular weight excluding hydrogens is 292 g/mol. The van der Waals surface area contributed by atoms with Gasteiger partial charge in [-0.05, 0) is 18.2 Å². The number of methoxy groups -OCH3 is 1. The van der Waals surface area contributed by atoms with Crippen molar-refractivity contribution < 1.29 is 19.4 Å². The zero-order chi connectivity index (χ0) is 15.2. The fourth-order valence-electron chi connectivity index (χ4n) is 1.98. The maximum absolute atomic E-state index is 11.5. The smallest absolute Gasteiger partial charge is 0.314 e. The number of halogens is 1. The highest BCUT2D eigenvalue weighted by molar-refractivity contribution is 6.32. The lowest BCUT2D eigenvalue weighted by Gasteiger charge is -2.17. The molecule has 0 bridgehead atoms. The van der Waals surface area contributed by atoms with Gasteiger partial charge in [0.15, 0.2) is 0 Å². The first-order valence-electron chi connectivity index (χ1n) is 6.36. The van der Waals surface area contributed by atoms with E-state index in [1.54, 1.807) is 48.5 Å². The molecule has 5 heteroatoms. The number of carbonyl (C=O) groups is 1. The number of benzene rings is 2. The summed E-state index contributed by atoms with van der Waals surface area (Å²) in [6.07, 6.45) is 0. The van der Waals surface area contributed by atoms with Crippen molar-refractivity contribution in [3.05, 3.63) is 59.1 Å². The molecule has 0 amide bonds. The quantitative estimate of drug-likeness (QED) is 0.886. The Bertz CT molecular complexity index is 627. The maximum Gasteiger partial charge on any atom is 0.314 e. The number of para-hydroxylation sites is 2. The van der Waals surface area contributed by atoms with Crippen molar-refractivity contribution in [2.45, 2.75) is 5.92 Å². The highest BCUT2D eigenvalue weighted by Crippen LogP contribution is 2.29. The lowest BCUT2D eigenvalue weighted by Crippen LogP contribution is -2.20. The van der Waals surface area contributed by atoms with E-state index in [1.807, 2.05) is 0 Å². The predicted octanol–water partition coefficient (Wildman–Crippen LogP) is 3.60. The zero-order valence-corrected chi connectivity index (χ0v) is 12.2. The molecule has 0 aliphatic rings. The highest BCUT2D eigenvalue weighted by Gasteiger charge is 2.24. The van der Waals surface area contributed by atoms with Gasteiger partial charge in [0.25, 0.3) is 0 Å². The van der Waals surface area contributed by atoms with E-state index in [4.69, 9.17) is 21.1 Å². The van der Waals surface area contributed by atoms with Crippen molar-refractivity contribution in [3.8, 4) is 11.5 Å². The first kappa shape index (κ1) is 15.2. The van der Waals surface area contributed by atoms with Crippen LogP contribution >= 0.6 is 11.6 Å². The number of carboxylic acids is 1. The van der Waals surface area contributed by atoms with Gasteiger partial charge in [-0.1, -0.05) is 41.9 Å². The van der Waals surface area contributed by atoms with Gasteiger partial charge in [0.05, 0.1) is 12.1 Å². The summed E-state index contributed by atoms with van der Waals surface area (Å²) >= 11 is 5.99. The minimum Gasteiger partial charge on any atom is -0.496 e. The molecule has 0 saturated carbocycles. The third kappa shape index (κ3) is 3.67. The molecule has 0 spiro atoms. The Hall–Kier alpha value is -2.20. The van der Waals surface area contributed by atoms with Crippen LogP contribution in [0.25, 0.3) is 0 Å². The van der Waals surface area contributed by atoms with Crippen LogP contribution in [0.3, 0.4) is 0 Å². The average Bonchev–Trinajstić information content (AvgIpc) is 2.49. The summed E-state index contributed by atoms with van der Waals surface area (Å²) < 4.78 is 10.8. The molecule has 2 aromatic rings. The van der Waals surface area contributed by atoms with Gasteiger partial charge in [0.2, 0.25) is 0 Å². The summed E-state index contributed by atoms with van der Waals surface area (Å²) in [5.41, 5.74) is 0.569. The Kier molecular flexibility index (Phi) is 5.06. The summed E-state index contributed by atoms with van der Waals surface area (Å²) in [4.78, 5) is 11.5. The van der Waals surface area contributed by atoms with Crippen molar-refractivity contribution in [2.24, 2.45) is 0 Å². The van der Waals surface area contributed by atoms with Crippen molar-refractivity contribution >= 4 is 17.6 Å². The first-order chi connectivity index (χ1) is 10.1. The Morgan fingerprint density at radius 3 is 2.38 bits per heavy atom. The molecule has 4 nitrogen and oxygen atoms in total.